The zero-order valence-corrected chi connectivity index (χ0v) is 16.6. The van der Waals surface area contributed by atoms with Crippen LogP contribution in [-0.4, -0.2) is 49.0 Å². The second-order valence-electron chi connectivity index (χ2n) is 7.24. The maximum Gasteiger partial charge on any atom is 0.242 e. The highest BCUT2D eigenvalue weighted by Gasteiger charge is 2.39. The number of aliphatic imine (C=N–C) groups is 1. The van der Waals surface area contributed by atoms with Crippen molar-refractivity contribution in [1.29, 1.82) is 0 Å². The van der Waals surface area contributed by atoms with Crippen molar-refractivity contribution >= 4 is 35.8 Å². The summed E-state index contributed by atoms with van der Waals surface area (Å²) in [4.78, 5) is 18.8. The van der Waals surface area contributed by atoms with Gasteiger partial charge in [0, 0.05) is 25.7 Å². The van der Waals surface area contributed by atoms with E-state index in [1.54, 1.807) is 0 Å². The monoisotopic (exact) mass is 434 g/mol. The first kappa shape index (κ1) is 18.8. The third kappa shape index (κ3) is 5.22. The van der Waals surface area contributed by atoms with E-state index in [0.717, 1.165) is 38.4 Å². The van der Waals surface area contributed by atoms with Gasteiger partial charge in [-0.15, -0.1) is 24.0 Å². The molecule has 0 aromatic rings. The molecule has 23 heavy (non-hydrogen) atoms. The third-order valence-corrected chi connectivity index (χ3v) is 5.30. The highest BCUT2D eigenvalue weighted by Crippen LogP contribution is 2.43. The predicted molar refractivity (Wildman–Crippen MR) is 104 cm³/mol. The Morgan fingerprint density at radius 2 is 1.96 bits per heavy atom. The Balaban J connectivity index is 0.00000192. The number of guanidine groups is 1. The molecule has 1 spiro atoms. The summed E-state index contributed by atoms with van der Waals surface area (Å²) >= 11 is 0. The molecule has 0 atom stereocenters. The molecule has 1 heterocycles. The molecule has 1 aliphatic heterocycles. The van der Waals surface area contributed by atoms with Gasteiger partial charge in [0.1, 0.15) is 6.54 Å². The summed E-state index contributed by atoms with van der Waals surface area (Å²) in [6.45, 7) is 5.39. The molecule has 2 aliphatic carbocycles. The van der Waals surface area contributed by atoms with Gasteiger partial charge in [-0.2, -0.15) is 0 Å². The van der Waals surface area contributed by atoms with Crippen LogP contribution >= 0.6 is 24.0 Å². The van der Waals surface area contributed by atoms with E-state index in [1.807, 2.05) is 0 Å². The normalized spacial score (nSPS) is 23.5. The van der Waals surface area contributed by atoms with E-state index in [1.165, 1.54) is 38.5 Å². The van der Waals surface area contributed by atoms with Crippen LogP contribution in [0.1, 0.15) is 58.3 Å². The van der Waals surface area contributed by atoms with Crippen molar-refractivity contribution in [3.63, 3.8) is 0 Å². The maximum atomic E-state index is 11.8. The number of nitrogens with zero attached hydrogens (tertiary/aromatic N) is 2. The Bertz CT molecular complexity index is 430. The molecular formula is C17H31IN4O. The quantitative estimate of drug-likeness (QED) is 0.406. The molecule has 5 nitrogen and oxygen atoms in total. The van der Waals surface area contributed by atoms with Gasteiger partial charge in [-0.1, -0.05) is 19.3 Å². The van der Waals surface area contributed by atoms with Crippen molar-refractivity contribution in [1.82, 2.24) is 15.5 Å². The second kappa shape index (κ2) is 8.53. The van der Waals surface area contributed by atoms with E-state index in [-0.39, 0.29) is 36.4 Å². The number of carbonyl (C=O) groups excluding carboxylic acids is 1. The van der Waals surface area contributed by atoms with Gasteiger partial charge in [-0.25, -0.2) is 4.99 Å². The van der Waals surface area contributed by atoms with E-state index >= 15 is 0 Å². The van der Waals surface area contributed by atoms with Crippen molar-refractivity contribution in [2.75, 3.05) is 26.2 Å². The highest BCUT2D eigenvalue weighted by atomic mass is 127. The summed E-state index contributed by atoms with van der Waals surface area (Å²) in [5.41, 5.74) is 0.519. The van der Waals surface area contributed by atoms with Crippen LogP contribution in [0.15, 0.2) is 4.99 Å². The minimum Gasteiger partial charge on any atom is -0.357 e. The fourth-order valence-corrected chi connectivity index (χ4v) is 3.90. The summed E-state index contributed by atoms with van der Waals surface area (Å²) in [6.07, 6.45) is 10.4. The van der Waals surface area contributed by atoms with Gasteiger partial charge in [0.2, 0.25) is 5.91 Å². The molecule has 132 valence electrons. The van der Waals surface area contributed by atoms with Crippen molar-refractivity contribution in [2.45, 2.75) is 64.3 Å². The first-order valence-corrected chi connectivity index (χ1v) is 9.03. The summed E-state index contributed by atoms with van der Waals surface area (Å²) in [6, 6.07) is 0.419. The number of hydrogen-bond donors (Lipinski definition) is 2. The topological polar surface area (TPSA) is 56.7 Å². The molecule has 2 saturated carbocycles. The van der Waals surface area contributed by atoms with E-state index in [9.17, 15) is 4.79 Å². The molecule has 0 aromatic heterocycles. The van der Waals surface area contributed by atoms with Crippen LogP contribution in [0.25, 0.3) is 0 Å². The van der Waals surface area contributed by atoms with Crippen molar-refractivity contribution in [3.05, 3.63) is 0 Å². The first-order chi connectivity index (χ1) is 10.7. The van der Waals surface area contributed by atoms with Crippen molar-refractivity contribution in [3.8, 4) is 0 Å². The van der Waals surface area contributed by atoms with E-state index in [2.05, 4.69) is 27.4 Å². The van der Waals surface area contributed by atoms with Gasteiger partial charge in [0.25, 0.3) is 0 Å². The minimum absolute atomic E-state index is 0. The number of nitrogens with one attached hydrogen (secondary N) is 2. The summed E-state index contributed by atoms with van der Waals surface area (Å²) in [5, 5.41) is 6.37. The lowest BCUT2D eigenvalue weighted by molar-refractivity contribution is -0.119. The summed E-state index contributed by atoms with van der Waals surface area (Å²) in [5.74, 6) is 0.986. The molecule has 1 saturated heterocycles. The van der Waals surface area contributed by atoms with Gasteiger partial charge in [-0.3, -0.25) is 4.79 Å². The van der Waals surface area contributed by atoms with Crippen molar-refractivity contribution in [2.24, 2.45) is 10.4 Å². The zero-order chi connectivity index (χ0) is 15.4. The van der Waals surface area contributed by atoms with Crippen LogP contribution in [0.2, 0.25) is 0 Å². The molecule has 2 N–H and O–H groups in total. The molecule has 3 aliphatic rings. The number of likely N-dealkylation sites (tertiary alicyclic amines) is 1. The lowest BCUT2D eigenvalue weighted by Crippen LogP contribution is -2.42. The first-order valence-electron chi connectivity index (χ1n) is 9.03. The van der Waals surface area contributed by atoms with Gasteiger partial charge in [0.15, 0.2) is 5.96 Å². The van der Waals surface area contributed by atoms with E-state index in [0.29, 0.717) is 11.5 Å². The highest BCUT2D eigenvalue weighted by molar-refractivity contribution is 14.0. The molecule has 3 fully saturated rings. The SMILES string of the molecule is CCNC(=NCC(=O)NC1CC1)N1CCC2(CCCCC2)C1.I. The largest absolute Gasteiger partial charge is 0.357 e. The maximum absolute atomic E-state index is 11.8. The Kier molecular flexibility index (Phi) is 6.98. The number of halogens is 1. The van der Waals surface area contributed by atoms with Gasteiger partial charge < -0.3 is 15.5 Å². The molecule has 0 unspecified atom stereocenters. The van der Waals surface area contributed by atoms with Crippen LogP contribution in [0.4, 0.5) is 0 Å². The molecule has 0 radical (unpaired) electrons. The number of carbonyl (C=O) groups is 1. The van der Waals surface area contributed by atoms with Crippen LogP contribution in [0.5, 0.6) is 0 Å². The fraction of sp³-hybridized carbons (Fsp3) is 0.882. The Labute approximate surface area is 157 Å². The van der Waals surface area contributed by atoms with Crippen molar-refractivity contribution < 1.29 is 4.79 Å². The van der Waals surface area contributed by atoms with Gasteiger partial charge in [-0.05, 0) is 44.4 Å². The number of amides is 1. The fourth-order valence-electron chi connectivity index (χ4n) is 3.90. The lowest BCUT2D eigenvalue weighted by Gasteiger charge is -2.33. The average molecular weight is 434 g/mol. The van der Waals surface area contributed by atoms with Gasteiger partial charge in [0.05, 0.1) is 0 Å². The predicted octanol–water partition coefficient (Wildman–Crippen LogP) is 2.50. The zero-order valence-electron chi connectivity index (χ0n) is 14.3. The van der Waals surface area contributed by atoms with Crippen LogP contribution < -0.4 is 10.6 Å². The molecule has 0 bridgehead atoms. The molecule has 3 rings (SSSR count). The third-order valence-electron chi connectivity index (χ3n) is 5.30. The molecular weight excluding hydrogens is 403 g/mol. The molecule has 6 heteroatoms. The Morgan fingerprint density at radius 1 is 1.22 bits per heavy atom. The van der Waals surface area contributed by atoms with Gasteiger partial charge >= 0.3 is 0 Å². The minimum atomic E-state index is 0. The van der Waals surface area contributed by atoms with Crippen LogP contribution in [-0.2, 0) is 4.79 Å². The summed E-state index contributed by atoms with van der Waals surface area (Å²) < 4.78 is 0. The average Bonchev–Trinajstić information content (AvgIpc) is 3.25. The molecule has 0 aromatic carbocycles. The summed E-state index contributed by atoms with van der Waals surface area (Å²) in [7, 11) is 0. The lowest BCUT2D eigenvalue weighted by atomic mass is 9.73. The van der Waals surface area contributed by atoms with Crippen LogP contribution in [0.3, 0.4) is 0 Å². The standard InChI is InChI=1S/C17H30N4O.HI/c1-2-18-16(19-12-15(22)20-14-6-7-14)21-11-10-17(13-21)8-4-3-5-9-17;/h14H,2-13H2,1H3,(H,18,19)(H,20,22);1H. The van der Waals surface area contributed by atoms with E-state index < -0.39 is 0 Å². The number of hydrogen-bond acceptors (Lipinski definition) is 2. The smallest absolute Gasteiger partial charge is 0.242 e. The van der Waals surface area contributed by atoms with E-state index in [4.69, 9.17) is 0 Å². The Morgan fingerprint density at radius 3 is 2.61 bits per heavy atom. The number of rotatable bonds is 4. The molecule has 1 amide bonds. The Hall–Kier alpha value is -0.530. The van der Waals surface area contributed by atoms with Crippen LogP contribution in [0, 0.1) is 5.41 Å². The second-order valence-corrected chi connectivity index (χ2v) is 7.24.